The average Bonchev–Trinajstić information content (AvgIpc) is 2.92. The SMILES string of the molecule is CCCCCCCCCCc1nc(C(C)C#N)c(CCC)[nH]1. The maximum atomic E-state index is 9.12. The molecule has 0 fully saturated rings. The van der Waals surface area contributed by atoms with Crippen molar-refractivity contribution in [3.8, 4) is 6.07 Å². The number of aromatic nitrogens is 2. The third kappa shape index (κ3) is 6.64. The largest absolute Gasteiger partial charge is 0.346 e. The van der Waals surface area contributed by atoms with Crippen LogP contribution in [0.1, 0.15) is 102 Å². The van der Waals surface area contributed by atoms with Crippen LogP contribution in [-0.4, -0.2) is 9.97 Å². The Balaban J connectivity index is 2.32. The van der Waals surface area contributed by atoms with Gasteiger partial charge >= 0.3 is 0 Å². The lowest BCUT2D eigenvalue weighted by molar-refractivity contribution is 0.572. The van der Waals surface area contributed by atoms with Gasteiger partial charge in [0.1, 0.15) is 5.82 Å². The molecule has 22 heavy (non-hydrogen) atoms. The summed E-state index contributed by atoms with van der Waals surface area (Å²) < 4.78 is 0. The number of nitrogens with one attached hydrogen (secondary N) is 1. The topological polar surface area (TPSA) is 52.5 Å². The molecule has 3 nitrogen and oxygen atoms in total. The number of H-pyrrole nitrogens is 1. The highest BCUT2D eigenvalue weighted by Gasteiger charge is 2.15. The fraction of sp³-hybridized carbons (Fsp3) is 0.789. The number of hydrogen-bond acceptors (Lipinski definition) is 2. The summed E-state index contributed by atoms with van der Waals surface area (Å²) in [5.74, 6) is 0.969. The Kier molecular flexibility index (Phi) is 9.62. The lowest BCUT2D eigenvalue weighted by Crippen LogP contribution is -1.96. The molecule has 0 radical (unpaired) electrons. The van der Waals surface area contributed by atoms with Crippen molar-refractivity contribution in [3.63, 3.8) is 0 Å². The molecule has 0 aliphatic carbocycles. The average molecular weight is 303 g/mol. The van der Waals surface area contributed by atoms with Crippen molar-refractivity contribution in [3.05, 3.63) is 17.2 Å². The van der Waals surface area contributed by atoms with Crippen LogP contribution in [0.4, 0.5) is 0 Å². The van der Waals surface area contributed by atoms with Crippen LogP contribution < -0.4 is 0 Å². The van der Waals surface area contributed by atoms with E-state index in [1.165, 1.54) is 57.1 Å². The molecule has 0 aliphatic rings. The molecule has 0 spiro atoms. The van der Waals surface area contributed by atoms with Crippen molar-refractivity contribution >= 4 is 0 Å². The molecule has 1 aromatic rings. The van der Waals surface area contributed by atoms with Crippen molar-refractivity contribution in [2.24, 2.45) is 0 Å². The number of unbranched alkanes of at least 4 members (excludes halogenated alkanes) is 7. The Labute approximate surface area is 136 Å². The maximum absolute atomic E-state index is 9.12. The molecule has 124 valence electrons. The Morgan fingerprint density at radius 1 is 0.955 bits per heavy atom. The first-order valence-corrected chi connectivity index (χ1v) is 9.20. The molecule has 1 rings (SSSR count). The summed E-state index contributed by atoms with van der Waals surface area (Å²) >= 11 is 0. The molecule has 1 aromatic heterocycles. The van der Waals surface area contributed by atoms with Gasteiger partial charge in [-0.1, -0.05) is 65.2 Å². The van der Waals surface area contributed by atoms with Crippen molar-refractivity contribution < 1.29 is 0 Å². The normalized spacial score (nSPS) is 12.3. The summed E-state index contributed by atoms with van der Waals surface area (Å²) in [5, 5.41) is 9.12. The van der Waals surface area contributed by atoms with Gasteiger partial charge in [-0.05, 0) is 19.8 Å². The molecular weight excluding hydrogens is 270 g/mol. The number of imidazole rings is 1. The summed E-state index contributed by atoms with van der Waals surface area (Å²) in [6, 6.07) is 2.31. The van der Waals surface area contributed by atoms with Crippen molar-refractivity contribution in [1.29, 1.82) is 5.26 Å². The van der Waals surface area contributed by atoms with Crippen LogP contribution in [0, 0.1) is 11.3 Å². The van der Waals surface area contributed by atoms with Crippen LogP contribution >= 0.6 is 0 Å². The van der Waals surface area contributed by atoms with Gasteiger partial charge in [0.25, 0.3) is 0 Å². The van der Waals surface area contributed by atoms with Crippen molar-refractivity contribution in [1.82, 2.24) is 9.97 Å². The van der Waals surface area contributed by atoms with Crippen LogP contribution in [0.25, 0.3) is 0 Å². The van der Waals surface area contributed by atoms with Crippen LogP contribution in [0.2, 0.25) is 0 Å². The molecular formula is C19H33N3. The zero-order valence-electron chi connectivity index (χ0n) is 14.7. The fourth-order valence-corrected chi connectivity index (χ4v) is 2.88. The molecule has 0 aliphatic heterocycles. The summed E-state index contributed by atoms with van der Waals surface area (Å²) in [6.45, 7) is 6.37. The van der Waals surface area contributed by atoms with Gasteiger partial charge in [-0.3, -0.25) is 0 Å². The lowest BCUT2D eigenvalue weighted by atomic mass is 10.1. The summed E-state index contributed by atoms with van der Waals surface area (Å²) in [7, 11) is 0. The van der Waals surface area contributed by atoms with Crippen molar-refractivity contribution in [2.75, 3.05) is 0 Å². The summed E-state index contributed by atoms with van der Waals surface area (Å²) in [4.78, 5) is 8.13. The van der Waals surface area contributed by atoms with Gasteiger partial charge in [0.15, 0.2) is 0 Å². The van der Waals surface area contributed by atoms with E-state index in [2.05, 4.69) is 29.9 Å². The van der Waals surface area contributed by atoms with Gasteiger partial charge in [-0.15, -0.1) is 0 Å². The third-order valence-electron chi connectivity index (χ3n) is 4.23. The molecule has 1 heterocycles. The highest BCUT2D eigenvalue weighted by atomic mass is 14.9. The number of rotatable bonds is 12. The monoisotopic (exact) mass is 303 g/mol. The van der Waals surface area contributed by atoms with Crippen LogP contribution in [0.3, 0.4) is 0 Å². The highest BCUT2D eigenvalue weighted by Crippen LogP contribution is 2.19. The van der Waals surface area contributed by atoms with Gasteiger partial charge in [-0.25, -0.2) is 4.98 Å². The Bertz CT molecular complexity index is 442. The first-order valence-electron chi connectivity index (χ1n) is 9.20. The predicted octanol–water partition coefficient (Wildman–Crippen LogP) is 5.67. The second-order valence-electron chi connectivity index (χ2n) is 6.37. The minimum atomic E-state index is -0.106. The zero-order chi connectivity index (χ0) is 16.2. The second kappa shape index (κ2) is 11.3. The molecule has 0 aromatic carbocycles. The van der Waals surface area contributed by atoms with Gasteiger partial charge < -0.3 is 4.98 Å². The minimum Gasteiger partial charge on any atom is -0.346 e. The van der Waals surface area contributed by atoms with Gasteiger partial charge in [0.05, 0.1) is 17.7 Å². The Morgan fingerprint density at radius 2 is 1.59 bits per heavy atom. The van der Waals surface area contributed by atoms with E-state index >= 15 is 0 Å². The van der Waals surface area contributed by atoms with E-state index < -0.39 is 0 Å². The number of nitriles is 1. The molecule has 1 atom stereocenters. The quantitative estimate of drug-likeness (QED) is 0.505. The van der Waals surface area contributed by atoms with Crippen LogP contribution in [-0.2, 0) is 12.8 Å². The number of aromatic amines is 1. The zero-order valence-corrected chi connectivity index (χ0v) is 14.7. The van der Waals surface area contributed by atoms with E-state index in [4.69, 9.17) is 5.26 Å². The molecule has 0 saturated heterocycles. The maximum Gasteiger partial charge on any atom is 0.106 e. The van der Waals surface area contributed by atoms with E-state index in [0.29, 0.717) is 0 Å². The van der Waals surface area contributed by atoms with Crippen LogP contribution in [0.5, 0.6) is 0 Å². The molecule has 0 amide bonds. The minimum absolute atomic E-state index is 0.106. The number of aryl methyl sites for hydroxylation is 2. The lowest BCUT2D eigenvalue weighted by Gasteiger charge is -2.01. The third-order valence-corrected chi connectivity index (χ3v) is 4.23. The number of hydrogen-bond donors (Lipinski definition) is 1. The highest BCUT2D eigenvalue weighted by molar-refractivity contribution is 5.23. The smallest absolute Gasteiger partial charge is 0.106 e. The fourth-order valence-electron chi connectivity index (χ4n) is 2.88. The van der Waals surface area contributed by atoms with Gasteiger partial charge in [0, 0.05) is 12.1 Å². The van der Waals surface area contributed by atoms with Gasteiger partial charge in [0.2, 0.25) is 0 Å². The van der Waals surface area contributed by atoms with Crippen molar-refractivity contribution in [2.45, 2.75) is 97.3 Å². The molecule has 1 N–H and O–H groups in total. The molecule has 3 heteroatoms. The number of nitrogens with zero attached hydrogens (tertiary/aromatic N) is 2. The first-order chi connectivity index (χ1) is 10.7. The van der Waals surface area contributed by atoms with Crippen LogP contribution in [0.15, 0.2) is 0 Å². The summed E-state index contributed by atoms with van der Waals surface area (Å²) in [5.41, 5.74) is 2.14. The Hall–Kier alpha value is -1.30. The van der Waals surface area contributed by atoms with E-state index in [0.717, 1.165) is 30.8 Å². The molecule has 0 saturated carbocycles. The first kappa shape index (κ1) is 18.7. The summed E-state index contributed by atoms with van der Waals surface area (Å²) in [6.07, 6.45) is 13.8. The van der Waals surface area contributed by atoms with E-state index in [9.17, 15) is 0 Å². The van der Waals surface area contributed by atoms with E-state index in [1.54, 1.807) is 0 Å². The molecule has 0 bridgehead atoms. The van der Waals surface area contributed by atoms with E-state index in [-0.39, 0.29) is 5.92 Å². The Morgan fingerprint density at radius 3 is 2.18 bits per heavy atom. The predicted molar refractivity (Wildman–Crippen MR) is 92.9 cm³/mol. The van der Waals surface area contributed by atoms with Gasteiger partial charge in [-0.2, -0.15) is 5.26 Å². The van der Waals surface area contributed by atoms with E-state index in [1.807, 2.05) is 6.92 Å². The standard InChI is InChI=1S/C19H33N3/c1-4-6-7-8-9-10-11-12-14-18-21-17(13-5-2)19(22-18)16(3)15-20/h16H,4-14H2,1-3H3,(H,21,22). The molecule has 1 unspecified atom stereocenters. The second-order valence-corrected chi connectivity index (χ2v) is 6.37.